The van der Waals surface area contributed by atoms with Crippen molar-refractivity contribution in [1.82, 2.24) is 0 Å². The van der Waals surface area contributed by atoms with E-state index < -0.39 is 23.4 Å². The van der Waals surface area contributed by atoms with Gasteiger partial charge in [-0.05, 0) is 35.6 Å². The fraction of sp³-hybridized carbons (Fsp3) is 0.190. The van der Waals surface area contributed by atoms with Gasteiger partial charge in [-0.2, -0.15) is 0 Å². The third kappa shape index (κ3) is 4.61. The normalized spacial score (nSPS) is 12.0. The molecule has 0 aliphatic heterocycles. The predicted molar refractivity (Wildman–Crippen MR) is 104 cm³/mol. The molecule has 3 nitrogen and oxygen atoms in total. The number of hydrogen-bond donors (Lipinski definition) is 2. The van der Waals surface area contributed by atoms with E-state index in [1.807, 2.05) is 35.0 Å². The number of halogens is 3. The largest absolute Gasteiger partial charge is 0.328 e. The number of amides is 1. The molecule has 0 aliphatic rings. The first-order valence-electron chi connectivity index (χ1n) is 8.88. The number of carbonyl (C=O) groups is 1. The number of benzene rings is 2. The third-order valence-corrected chi connectivity index (χ3v) is 5.40. The Labute approximate surface area is 165 Å². The van der Waals surface area contributed by atoms with Gasteiger partial charge < -0.3 is 10.6 Å². The Morgan fingerprint density at radius 3 is 2.46 bits per heavy atom. The Balaban J connectivity index is 1.71. The van der Waals surface area contributed by atoms with Gasteiger partial charge in [-0.1, -0.05) is 37.3 Å². The van der Waals surface area contributed by atoms with Crippen LogP contribution < -0.4 is 10.6 Å². The summed E-state index contributed by atoms with van der Waals surface area (Å²) in [7, 11) is 0. The topological polar surface area (TPSA) is 45.7 Å². The van der Waals surface area contributed by atoms with Gasteiger partial charge in [0.2, 0.25) is 0 Å². The highest BCUT2D eigenvalue weighted by Crippen LogP contribution is 2.23. The summed E-state index contributed by atoms with van der Waals surface area (Å²) < 4.78 is 40.1. The molecule has 0 saturated carbocycles. The second-order valence-corrected chi connectivity index (χ2v) is 7.28. The second-order valence-electron chi connectivity index (χ2n) is 6.30. The maximum atomic E-state index is 13.7. The Morgan fingerprint density at radius 1 is 1.07 bits per heavy atom. The first-order chi connectivity index (χ1) is 13.5. The molecule has 0 unspecified atom stereocenters. The monoisotopic (exact) mass is 405 g/mol. The van der Waals surface area contributed by atoms with E-state index in [0.29, 0.717) is 0 Å². The summed E-state index contributed by atoms with van der Waals surface area (Å²) >= 11 is 1.58. The lowest BCUT2D eigenvalue weighted by molar-refractivity contribution is -0.675. The summed E-state index contributed by atoms with van der Waals surface area (Å²) in [5, 5.41) is 6.10. The molecular weight excluding hydrogens is 385 g/mol. The molecule has 0 bridgehead atoms. The number of rotatable bonds is 7. The summed E-state index contributed by atoms with van der Waals surface area (Å²) in [6, 6.07) is 13.8. The number of thiophene rings is 1. The zero-order chi connectivity index (χ0) is 20.1. The molecule has 1 aromatic heterocycles. The van der Waals surface area contributed by atoms with Crippen LogP contribution in [0.3, 0.4) is 0 Å². The Hall–Kier alpha value is -2.64. The zero-order valence-electron chi connectivity index (χ0n) is 15.2. The van der Waals surface area contributed by atoms with E-state index in [1.54, 1.807) is 11.3 Å². The quantitative estimate of drug-likeness (QED) is 0.573. The van der Waals surface area contributed by atoms with Crippen LogP contribution in [0.25, 0.3) is 0 Å². The summed E-state index contributed by atoms with van der Waals surface area (Å²) in [5.74, 6) is -4.81. The SMILES string of the molecule is CCc1ccc([C@@H]([NH2+]CC(=O)Nc2ccc(F)c(F)c2F)c2cccs2)cc1. The number of quaternary nitrogens is 1. The molecule has 3 N–H and O–H groups in total. The zero-order valence-corrected chi connectivity index (χ0v) is 16.0. The van der Waals surface area contributed by atoms with Crippen molar-refractivity contribution in [1.29, 1.82) is 0 Å². The van der Waals surface area contributed by atoms with Crippen LogP contribution in [0.15, 0.2) is 53.9 Å². The van der Waals surface area contributed by atoms with Crippen LogP contribution >= 0.6 is 11.3 Å². The molecule has 146 valence electrons. The van der Waals surface area contributed by atoms with Gasteiger partial charge in [-0.25, -0.2) is 13.2 Å². The van der Waals surface area contributed by atoms with Crippen molar-refractivity contribution in [2.24, 2.45) is 0 Å². The van der Waals surface area contributed by atoms with Crippen molar-refractivity contribution in [2.45, 2.75) is 19.4 Å². The lowest BCUT2D eigenvalue weighted by Gasteiger charge is -2.15. The lowest BCUT2D eigenvalue weighted by Crippen LogP contribution is -2.87. The van der Waals surface area contributed by atoms with Crippen LogP contribution in [0.4, 0.5) is 18.9 Å². The smallest absolute Gasteiger partial charge is 0.279 e. The average molecular weight is 405 g/mol. The molecule has 28 heavy (non-hydrogen) atoms. The number of hydrogen-bond acceptors (Lipinski definition) is 2. The van der Waals surface area contributed by atoms with E-state index in [0.717, 1.165) is 29.0 Å². The van der Waals surface area contributed by atoms with Crippen molar-refractivity contribution >= 4 is 22.9 Å². The number of nitrogens with two attached hydrogens (primary N) is 1. The van der Waals surface area contributed by atoms with E-state index in [1.165, 1.54) is 5.56 Å². The second kappa shape index (κ2) is 9.03. The molecule has 0 aliphatic carbocycles. The van der Waals surface area contributed by atoms with Crippen LogP contribution in [0.5, 0.6) is 0 Å². The van der Waals surface area contributed by atoms with E-state index in [4.69, 9.17) is 0 Å². The Kier molecular flexibility index (Phi) is 6.49. The lowest BCUT2D eigenvalue weighted by atomic mass is 10.0. The number of anilines is 1. The molecule has 7 heteroatoms. The number of carbonyl (C=O) groups excluding carboxylic acids is 1. The van der Waals surface area contributed by atoms with Gasteiger partial charge in [0.05, 0.1) is 10.6 Å². The van der Waals surface area contributed by atoms with Crippen molar-refractivity contribution in [3.05, 3.63) is 87.4 Å². The van der Waals surface area contributed by atoms with Crippen molar-refractivity contribution in [2.75, 3.05) is 11.9 Å². The maximum absolute atomic E-state index is 13.7. The maximum Gasteiger partial charge on any atom is 0.279 e. The minimum absolute atomic E-state index is 0.00344. The van der Waals surface area contributed by atoms with E-state index in [9.17, 15) is 18.0 Å². The van der Waals surface area contributed by atoms with Gasteiger partial charge in [0, 0.05) is 5.56 Å². The van der Waals surface area contributed by atoms with Crippen molar-refractivity contribution in [3.63, 3.8) is 0 Å². The highest BCUT2D eigenvalue weighted by atomic mass is 32.1. The van der Waals surface area contributed by atoms with Crippen LogP contribution in [0.1, 0.15) is 29.0 Å². The fourth-order valence-electron chi connectivity index (χ4n) is 2.89. The van der Waals surface area contributed by atoms with Gasteiger partial charge in [-0.3, -0.25) is 4.79 Å². The molecule has 0 radical (unpaired) electrons. The molecule has 3 rings (SSSR count). The first kappa shape index (κ1) is 20.1. The van der Waals surface area contributed by atoms with Crippen molar-refractivity contribution in [3.8, 4) is 0 Å². The molecule has 3 aromatic rings. The predicted octanol–water partition coefficient (Wildman–Crippen LogP) is 4.02. The van der Waals surface area contributed by atoms with Gasteiger partial charge >= 0.3 is 0 Å². The molecule has 2 aromatic carbocycles. The number of aryl methyl sites for hydroxylation is 1. The van der Waals surface area contributed by atoms with E-state index in [-0.39, 0.29) is 18.3 Å². The number of nitrogens with one attached hydrogen (secondary N) is 1. The van der Waals surface area contributed by atoms with E-state index >= 15 is 0 Å². The van der Waals surface area contributed by atoms with Gasteiger partial charge in [-0.15, -0.1) is 11.3 Å². The van der Waals surface area contributed by atoms with Gasteiger partial charge in [0.25, 0.3) is 5.91 Å². The first-order valence-corrected chi connectivity index (χ1v) is 9.76. The summed E-state index contributed by atoms with van der Waals surface area (Å²) in [6.07, 6.45) is 0.940. The highest BCUT2D eigenvalue weighted by Gasteiger charge is 2.21. The van der Waals surface area contributed by atoms with E-state index in [2.05, 4.69) is 24.4 Å². The summed E-state index contributed by atoms with van der Waals surface area (Å²) in [5.41, 5.74) is 1.89. The molecular formula is C21H20F3N2OS+. The Morgan fingerprint density at radius 2 is 1.82 bits per heavy atom. The molecule has 1 heterocycles. The fourth-order valence-corrected chi connectivity index (χ4v) is 3.74. The summed E-state index contributed by atoms with van der Waals surface area (Å²) in [6.45, 7) is 2.08. The highest BCUT2D eigenvalue weighted by molar-refractivity contribution is 7.10. The molecule has 0 fully saturated rings. The van der Waals surface area contributed by atoms with Crippen LogP contribution in [0.2, 0.25) is 0 Å². The minimum Gasteiger partial charge on any atom is -0.328 e. The van der Waals surface area contributed by atoms with Crippen molar-refractivity contribution < 1.29 is 23.3 Å². The average Bonchev–Trinajstić information content (AvgIpc) is 3.23. The van der Waals surface area contributed by atoms with Gasteiger partial charge in [0.1, 0.15) is 6.04 Å². The standard InChI is InChI=1S/C21H19F3N2OS/c1-2-13-5-7-14(8-6-13)21(17-4-3-11-28-17)25-12-18(27)26-16-10-9-15(22)19(23)20(16)24/h3-11,21,25H,2,12H2,1H3,(H,26,27)/p+1/t21-/m1/s1. The summed E-state index contributed by atoms with van der Waals surface area (Å²) in [4.78, 5) is 13.3. The molecule has 1 amide bonds. The Bertz CT molecular complexity index is 943. The third-order valence-electron chi connectivity index (χ3n) is 4.45. The van der Waals surface area contributed by atoms with Crippen LogP contribution in [-0.4, -0.2) is 12.5 Å². The molecule has 0 spiro atoms. The van der Waals surface area contributed by atoms with Gasteiger partial charge in [0.15, 0.2) is 24.0 Å². The molecule has 0 saturated heterocycles. The molecule has 1 atom stereocenters. The van der Waals surface area contributed by atoms with Crippen LogP contribution in [0, 0.1) is 17.5 Å². The minimum atomic E-state index is -1.60. The van der Waals surface area contributed by atoms with Crippen LogP contribution in [-0.2, 0) is 11.2 Å².